The summed E-state index contributed by atoms with van der Waals surface area (Å²) in [4.78, 5) is 23.7. The van der Waals surface area contributed by atoms with E-state index >= 15 is 0 Å². The SMILES string of the molecule is COc1ccc(CCNCc2cn(C)c(=O)n(C)c2=O)cc1OC. The third kappa shape index (κ3) is 3.86. The Balaban J connectivity index is 1.97. The highest BCUT2D eigenvalue weighted by molar-refractivity contribution is 5.42. The van der Waals surface area contributed by atoms with E-state index in [-0.39, 0.29) is 11.2 Å². The van der Waals surface area contributed by atoms with Gasteiger partial charge in [-0.15, -0.1) is 0 Å². The molecule has 0 saturated carbocycles. The highest BCUT2D eigenvalue weighted by Crippen LogP contribution is 2.27. The molecule has 1 aromatic heterocycles. The molecule has 0 saturated heterocycles. The molecule has 0 aliphatic carbocycles. The largest absolute Gasteiger partial charge is 0.493 e. The van der Waals surface area contributed by atoms with Gasteiger partial charge in [-0.3, -0.25) is 9.36 Å². The molecule has 0 atom stereocenters. The summed E-state index contributed by atoms with van der Waals surface area (Å²) < 4.78 is 13.0. The number of nitrogens with zero attached hydrogens (tertiary/aromatic N) is 2. The molecule has 1 N–H and O–H groups in total. The standard InChI is InChI=1S/C17H23N3O4/c1-19-11-13(16(21)20(2)17(19)22)10-18-8-7-12-5-6-14(23-3)15(9-12)24-4/h5-6,9,11,18H,7-8,10H2,1-4H3. The summed E-state index contributed by atoms with van der Waals surface area (Å²) in [7, 11) is 6.33. The minimum atomic E-state index is -0.325. The molecule has 7 heteroatoms. The van der Waals surface area contributed by atoms with Gasteiger partial charge in [0, 0.05) is 32.4 Å². The highest BCUT2D eigenvalue weighted by atomic mass is 16.5. The third-order valence-corrected chi connectivity index (χ3v) is 3.87. The number of hydrogen-bond donors (Lipinski definition) is 1. The second-order valence-electron chi connectivity index (χ2n) is 5.53. The minimum absolute atomic E-state index is 0.267. The second-order valence-corrected chi connectivity index (χ2v) is 5.53. The van der Waals surface area contributed by atoms with Crippen molar-refractivity contribution in [1.29, 1.82) is 0 Å². The number of aromatic nitrogens is 2. The fourth-order valence-corrected chi connectivity index (χ4v) is 2.50. The van der Waals surface area contributed by atoms with Crippen molar-refractivity contribution in [1.82, 2.24) is 14.5 Å². The smallest absolute Gasteiger partial charge is 0.330 e. The van der Waals surface area contributed by atoms with Crippen LogP contribution in [0, 0.1) is 0 Å². The van der Waals surface area contributed by atoms with Crippen LogP contribution in [0.3, 0.4) is 0 Å². The van der Waals surface area contributed by atoms with Gasteiger partial charge in [0.2, 0.25) is 0 Å². The average molecular weight is 333 g/mol. The predicted octanol–water partition coefficient (Wildman–Crippen LogP) is 0.434. The quantitative estimate of drug-likeness (QED) is 0.744. The van der Waals surface area contributed by atoms with Crippen LogP contribution in [0.15, 0.2) is 34.0 Å². The first-order chi connectivity index (χ1) is 11.5. The van der Waals surface area contributed by atoms with Crippen molar-refractivity contribution in [2.24, 2.45) is 14.1 Å². The Hall–Kier alpha value is -2.54. The van der Waals surface area contributed by atoms with Gasteiger partial charge in [-0.25, -0.2) is 4.79 Å². The lowest BCUT2D eigenvalue weighted by Gasteiger charge is -2.10. The number of nitrogens with one attached hydrogen (secondary N) is 1. The zero-order valence-corrected chi connectivity index (χ0v) is 14.5. The fourth-order valence-electron chi connectivity index (χ4n) is 2.50. The molecule has 0 radical (unpaired) electrons. The summed E-state index contributed by atoms with van der Waals surface area (Å²) >= 11 is 0. The first-order valence-electron chi connectivity index (χ1n) is 7.65. The van der Waals surface area contributed by atoms with E-state index in [0.29, 0.717) is 30.2 Å². The van der Waals surface area contributed by atoms with Crippen molar-refractivity contribution >= 4 is 0 Å². The molecule has 0 spiro atoms. The lowest BCUT2D eigenvalue weighted by Crippen LogP contribution is -2.39. The molecule has 130 valence electrons. The molecule has 24 heavy (non-hydrogen) atoms. The van der Waals surface area contributed by atoms with E-state index in [2.05, 4.69) is 5.32 Å². The molecular weight excluding hydrogens is 310 g/mol. The number of methoxy groups -OCH3 is 2. The maximum Gasteiger partial charge on any atom is 0.330 e. The number of ether oxygens (including phenoxy) is 2. The van der Waals surface area contributed by atoms with Crippen LogP contribution in [0.2, 0.25) is 0 Å². The van der Waals surface area contributed by atoms with Gasteiger partial charge in [-0.05, 0) is 30.7 Å². The maximum atomic E-state index is 12.0. The summed E-state index contributed by atoms with van der Waals surface area (Å²) in [6.07, 6.45) is 2.36. The first kappa shape index (κ1) is 17.8. The second kappa shape index (κ2) is 7.83. The summed E-state index contributed by atoms with van der Waals surface area (Å²) in [6.45, 7) is 1.11. The molecular formula is C17H23N3O4. The number of hydrogen-bond acceptors (Lipinski definition) is 5. The first-order valence-corrected chi connectivity index (χ1v) is 7.65. The number of aryl methyl sites for hydroxylation is 1. The van der Waals surface area contributed by atoms with Gasteiger partial charge in [0.1, 0.15) is 0 Å². The zero-order chi connectivity index (χ0) is 17.7. The van der Waals surface area contributed by atoms with Gasteiger partial charge in [0.25, 0.3) is 5.56 Å². The van der Waals surface area contributed by atoms with E-state index in [1.54, 1.807) is 27.5 Å². The molecule has 0 fully saturated rings. The van der Waals surface area contributed by atoms with Gasteiger partial charge in [-0.1, -0.05) is 6.07 Å². The van der Waals surface area contributed by atoms with Crippen LogP contribution in [0.25, 0.3) is 0 Å². The van der Waals surface area contributed by atoms with Crippen LogP contribution in [-0.2, 0) is 27.1 Å². The molecule has 2 aromatic rings. The van der Waals surface area contributed by atoms with Crippen LogP contribution in [-0.4, -0.2) is 29.9 Å². The van der Waals surface area contributed by atoms with Crippen molar-refractivity contribution in [3.8, 4) is 11.5 Å². The molecule has 0 aliphatic rings. The Labute approximate surface area is 140 Å². The van der Waals surface area contributed by atoms with E-state index in [1.165, 1.54) is 11.6 Å². The third-order valence-electron chi connectivity index (χ3n) is 3.87. The molecule has 1 heterocycles. The molecule has 0 amide bonds. The monoisotopic (exact) mass is 333 g/mol. The molecule has 0 unspecified atom stereocenters. The van der Waals surface area contributed by atoms with Crippen LogP contribution in [0.5, 0.6) is 11.5 Å². The Morgan fingerprint density at radius 3 is 2.46 bits per heavy atom. The highest BCUT2D eigenvalue weighted by Gasteiger charge is 2.07. The zero-order valence-electron chi connectivity index (χ0n) is 14.5. The van der Waals surface area contributed by atoms with Gasteiger partial charge < -0.3 is 19.4 Å². The van der Waals surface area contributed by atoms with Crippen LogP contribution in [0.1, 0.15) is 11.1 Å². The summed E-state index contributed by atoms with van der Waals surface area (Å²) in [6, 6.07) is 5.79. The molecule has 1 aromatic carbocycles. The Morgan fingerprint density at radius 1 is 1.08 bits per heavy atom. The Morgan fingerprint density at radius 2 is 1.79 bits per heavy atom. The van der Waals surface area contributed by atoms with Crippen LogP contribution < -0.4 is 26.0 Å². The number of rotatable bonds is 7. The van der Waals surface area contributed by atoms with Crippen molar-refractivity contribution in [2.45, 2.75) is 13.0 Å². The van der Waals surface area contributed by atoms with Gasteiger partial charge in [0.15, 0.2) is 11.5 Å². The summed E-state index contributed by atoms with van der Waals surface area (Å²) in [5.74, 6) is 1.39. The molecule has 7 nitrogen and oxygen atoms in total. The van der Waals surface area contributed by atoms with Crippen LogP contribution in [0.4, 0.5) is 0 Å². The normalized spacial score (nSPS) is 10.7. The van der Waals surface area contributed by atoms with Crippen molar-refractivity contribution < 1.29 is 9.47 Å². The van der Waals surface area contributed by atoms with Crippen molar-refractivity contribution in [3.05, 3.63) is 56.4 Å². The fraction of sp³-hybridized carbons (Fsp3) is 0.412. The summed E-state index contributed by atoms with van der Waals surface area (Å²) in [5, 5.41) is 3.23. The number of benzene rings is 1. The Bertz CT molecular complexity index is 824. The van der Waals surface area contributed by atoms with E-state index in [0.717, 1.165) is 16.6 Å². The lowest BCUT2D eigenvalue weighted by molar-refractivity contribution is 0.354. The van der Waals surface area contributed by atoms with E-state index in [1.807, 2.05) is 18.2 Å². The van der Waals surface area contributed by atoms with E-state index in [4.69, 9.17) is 9.47 Å². The molecule has 0 aliphatic heterocycles. The van der Waals surface area contributed by atoms with Crippen molar-refractivity contribution in [3.63, 3.8) is 0 Å². The average Bonchev–Trinajstić information content (AvgIpc) is 2.60. The minimum Gasteiger partial charge on any atom is -0.493 e. The summed E-state index contributed by atoms with van der Waals surface area (Å²) in [5.41, 5.74) is 1.08. The van der Waals surface area contributed by atoms with Crippen LogP contribution >= 0.6 is 0 Å². The lowest BCUT2D eigenvalue weighted by atomic mass is 10.1. The topological polar surface area (TPSA) is 74.5 Å². The Kier molecular flexibility index (Phi) is 5.81. The van der Waals surface area contributed by atoms with Crippen molar-refractivity contribution in [2.75, 3.05) is 20.8 Å². The molecule has 0 bridgehead atoms. The van der Waals surface area contributed by atoms with E-state index in [9.17, 15) is 9.59 Å². The predicted molar refractivity (Wildman–Crippen MR) is 91.9 cm³/mol. The van der Waals surface area contributed by atoms with E-state index < -0.39 is 0 Å². The molecule has 2 rings (SSSR count). The maximum absolute atomic E-state index is 12.0. The van der Waals surface area contributed by atoms with Gasteiger partial charge in [-0.2, -0.15) is 0 Å². The van der Waals surface area contributed by atoms with Gasteiger partial charge in [0.05, 0.1) is 14.2 Å². The van der Waals surface area contributed by atoms with Gasteiger partial charge >= 0.3 is 5.69 Å².